The van der Waals surface area contributed by atoms with Gasteiger partial charge in [-0.25, -0.2) is 0 Å². The zero-order chi connectivity index (χ0) is 18.0. The van der Waals surface area contributed by atoms with Crippen LogP contribution in [0, 0.1) is 0 Å². The Labute approximate surface area is 157 Å². The van der Waals surface area contributed by atoms with Gasteiger partial charge in [-0.05, 0) is 31.4 Å². The van der Waals surface area contributed by atoms with Gasteiger partial charge in [0.2, 0.25) is 0 Å². The molecular weight excluding hydrogens is 363 g/mol. The molecule has 0 N–H and O–H groups in total. The summed E-state index contributed by atoms with van der Waals surface area (Å²) in [4.78, 5) is 29.2. The van der Waals surface area contributed by atoms with Crippen LogP contribution in [0.25, 0.3) is 5.57 Å². The Morgan fingerprint density at radius 2 is 1.80 bits per heavy atom. The number of imide groups is 1. The van der Waals surface area contributed by atoms with E-state index in [1.807, 2.05) is 4.90 Å². The molecule has 0 spiro atoms. The highest BCUT2D eigenvalue weighted by Crippen LogP contribution is 2.36. The summed E-state index contributed by atoms with van der Waals surface area (Å²) < 4.78 is 5.04. The van der Waals surface area contributed by atoms with Crippen molar-refractivity contribution in [2.75, 3.05) is 33.4 Å². The second-order valence-corrected chi connectivity index (χ2v) is 6.99. The van der Waals surface area contributed by atoms with Crippen molar-refractivity contribution in [3.8, 4) is 0 Å². The van der Waals surface area contributed by atoms with Crippen LogP contribution in [-0.4, -0.2) is 55.0 Å². The quantitative estimate of drug-likeness (QED) is 0.733. The Morgan fingerprint density at radius 1 is 1.08 bits per heavy atom. The molecule has 0 radical (unpaired) electrons. The number of hydrogen-bond donors (Lipinski definition) is 0. The number of piperidine rings is 1. The van der Waals surface area contributed by atoms with Gasteiger partial charge in [-0.15, -0.1) is 0 Å². The van der Waals surface area contributed by atoms with Gasteiger partial charge in [-0.3, -0.25) is 14.5 Å². The van der Waals surface area contributed by atoms with Crippen LogP contribution in [0.5, 0.6) is 0 Å². The first-order valence-electron chi connectivity index (χ1n) is 8.34. The third-order valence-corrected chi connectivity index (χ3v) is 5.08. The summed E-state index contributed by atoms with van der Waals surface area (Å²) in [7, 11) is 1.54. The van der Waals surface area contributed by atoms with E-state index in [0.717, 1.165) is 32.4 Å². The fraction of sp³-hybridized carbons (Fsp3) is 0.444. The number of rotatable bonds is 5. The highest BCUT2D eigenvalue weighted by molar-refractivity contribution is 6.41. The normalized spacial score (nSPS) is 18.5. The standard InChI is InChI=1S/C18H20Cl2N2O3/c1-25-10-9-22-17(23)15(13-6-5-12(19)11-14(13)20)16(18(22)24)21-7-3-2-4-8-21/h5-6,11H,2-4,7-10H2,1H3. The summed E-state index contributed by atoms with van der Waals surface area (Å²) in [5.41, 5.74) is 1.36. The second kappa shape index (κ2) is 7.77. The van der Waals surface area contributed by atoms with Gasteiger partial charge < -0.3 is 9.64 Å². The number of halogens is 2. The van der Waals surface area contributed by atoms with Crippen molar-refractivity contribution >= 4 is 40.6 Å². The van der Waals surface area contributed by atoms with Crippen molar-refractivity contribution in [3.63, 3.8) is 0 Å². The lowest BCUT2D eigenvalue weighted by molar-refractivity contribution is -0.138. The van der Waals surface area contributed by atoms with Gasteiger partial charge >= 0.3 is 0 Å². The van der Waals surface area contributed by atoms with Crippen molar-refractivity contribution in [2.24, 2.45) is 0 Å². The topological polar surface area (TPSA) is 49.9 Å². The van der Waals surface area contributed by atoms with Gasteiger partial charge in [0.1, 0.15) is 5.70 Å². The largest absolute Gasteiger partial charge is 0.383 e. The maximum absolute atomic E-state index is 13.0. The number of carbonyl (C=O) groups is 2. The lowest BCUT2D eigenvalue weighted by atomic mass is 10.0. The predicted molar refractivity (Wildman–Crippen MR) is 97.4 cm³/mol. The maximum Gasteiger partial charge on any atom is 0.277 e. The number of carbonyl (C=O) groups excluding carboxylic acids is 2. The van der Waals surface area contributed by atoms with Crippen molar-refractivity contribution in [1.82, 2.24) is 9.80 Å². The molecule has 0 bridgehead atoms. The fourth-order valence-electron chi connectivity index (χ4n) is 3.29. The number of nitrogens with zero attached hydrogens (tertiary/aromatic N) is 2. The molecule has 2 amide bonds. The molecule has 2 heterocycles. The average molecular weight is 383 g/mol. The van der Waals surface area contributed by atoms with E-state index in [1.165, 1.54) is 4.90 Å². The average Bonchev–Trinajstić information content (AvgIpc) is 2.84. The number of likely N-dealkylation sites (tertiary alicyclic amines) is 1. The van der Waals surface area contributed by atoms with E-state index in [0.29, 0.717) is 33.5 Å². The van der Waals surface area contributed by atoms with Crippen molar-refractivity contribution in [1.29, 1.82) is 0 Å². The molecule has 0 unspecified atom stereocenters. The third kappa shape index (κ3) is 3.54. The van der Waals surface area contributed by atoms with Crippen LogP contribution in [0.1, 0.15) is 24.8 Å². The first-order valence-corrected chi connectivity index (χ1v) is 9.10. The predicted octanol–water partition coefficient (Wildman–Crippen LogP) is 3.21. The number of ether oxygens (including phenoxy) is 1. The van der Waals surface area contributed by atoms with E-state index in [9.17, 15) is 9.59 Å². The molecule has 1 aromatic rings. The molecule has 2 aliphatic rings. The van der Waals surface area contributed by atoms with Gasteiger partial charge in [0.15, 0.2) is 0 Å². The minimum atomic E-state index is -0.327. The zero-order valence-corrected chi connectivity index (χ0v) is 15.6. The summed E-state index contributed by atoms with van der Waals surface area (Å²) in [6.45, 7) is 2.05. The van der Waals surface area contributed by atoms with Gasteiger partial charge in [-0.1, -0.05) is 29.3 Å². The SMILES string of the molecule is COCCN1C(=O)C(c2ccc(Cl)cc2Cl)=C(N2CCCCC2)C1=O. The number of amides is 2. The zero-order valence-electron chi connectivity index (χ0n) is 14.1. The van der Waals surface area contributed by atoms with E-state index < -0.39 is 0 Å². The summed E-state index contributed by atoms with van der Waals surface area (Å²) in [5, 5.41) is 0.855. The third-order valence-electron chi connectivity index (χ3n) is 4.54. The molecule has 5 nitrogen and oxygen atoms in total. The van der Waals surface area contributed by atoms with Crippen LogP contribution in [0.15, 0.2) is 23.9 Å². The molecule has 7 heteroatoms. The van der Waals surface area contributed by atoms with Gasteiger partial charge in [0.25, 0.3) is 11.8 Å². The Morgan fingerprint density at radius 3 is 2.44 bits per heavy atom. The molecule has 0 aliphatic carbocycles. The van der Waals surface area contributed by atoms with E-state index in [2.05, 4.69) is 0 Å². The molecular formula is C18H20Cl2N2O3. The highest BCUT2D eigenvalue weighted by atomic mass is 35.5. The van der Waals surface area contributed by atoms with Crippen LogP contribution in [0.3, 0.4) is 0 Å². The van der Waals surface area contributed by atoms with Gasteiger partial charge in [-0.2, -0.15) is 0 Å². The number of benzene rings is 1. The molecule has 1 saturated heterocycles. The molecule has 1 fully saturated rings. The number of methoxy groups -OCH3 is 1. The Hall–Kier alpha value is -1.56. The summed E-state index contributed by atoms with van der Waals surface area (Å²) in [6, 6.07) is 4.98. The molecule has 0 atom stereocenters. The Kier molecular flexibility index (Phi) is 5.67. The lowest BCUT2D eigenvalue weighted by Gasteiger charge is -2.29. The van der Waals surface area contributed by atoms with E-state index in [1.54, 1.807) is 25.3 Å². The van der Waals surface area contributed by atoms with Crippen LogP contribution in [0.2, 0.25) is 10.0 Å². The van der Waals surface area contributed by atoms with Crippen LogP contribution < -0.4 is 0 Å². The van der Waals surface area contributed by atoms with Crippen LogP contribution >= 0.6 is 23.2 Å². The maximum atomic E-state index is 13.0. The van der Waals surface area contributed by atoms with E-state index in [4.69, 9.17) is 27.9 Å². The van der Waals surface area contributed by atoms with Crippen LogP contribution in [-0.2, 0) is 14.3 Å². The first kappa shape index (κ1) is 18.2. The smallest absolute Gasteiger partial charge is 0.277 e. The molecule has 25 heavy (non-hydrogen) atoms. The van der Waals surface area contributed by atoms with Crippen molar-refractivity contribution < 1.29 is 14.3 Å². The molecule has 2 aliphatic heterocycles. The molecule has 1 aromatic carbocycles. The molecule has 134 valence electrons. The van der Waals surface area contributed by atoms with Gasteiger partial charge in [0.05, 0.1) is 23.7 Å². The highest BCUT2D eigenvalue weighted by Gasteiger charge is 2.42. The molecule has 3 rings (SSSR count). The fourth-order valence-corrected chi connectivity index (χ4v) is 3.80. The second-order valence-electron chi connectivity index (χ2n) is 6.15. The minimum absolute atomic E-state index is 0.222. The Balaban J connectivity index is 2.07. The van der Waals surface area contributed by atoms with Crippen molar-refractivity contribution in [3.05, 3.63) is 39.5 Å². The monoisotopic (exact) mass is 382 g/mol. The van der Waals surface area contributed by atoms with Crippen LogP contribution in [0.4, 0.5) is 0 Å². The summed E-state index contributed by atoms with van der Waals surface area (Å²) in [5.74, 6) is -0.600. The number of hydrogen-bond acceptors (Lipinski definition) is 4. The minimum Gasteiger partial charge on any atom is -0.383 e. The van der Waals surface area contributed by atoms with Crippen molar-refractivity contribution in [2.45, 2.75) is 19.3 Å². The Bertz CT molecular complexity index is 727. The van der Waals surface area contributed by atoms with E-state index >= 15 is 0 Å². The van der Waals surface area contributed by atoms with E-state index in [-0.39, 0.29) is 18.4 Å². The molecule has 0 saturated carbocycles. The van der Waals surface area contributed by atoms with Gasteiger partial charge in [0, 0.05) is 30.8 Å². The first-order chi connectivity index (χ1) is 12.0. The molecule has 0 aromatic heterocycles. The summed E-state index contributed by atoms with van der Waals surface area (Å²) in [6.07, 6.45) is 3.14. The lowest BCUT2D eigenvalue weighted by Crippen LogP contribution is -2.38. The summed E-state index contributed by atoms with van der Waals surface area (Å²) >= 11 is 12.3.